The molecule has 0 heterocycles. The predicted molar refractivity (Wildman–Crippen MR) is 131 cm³/mol. The van der Waals surface area contributed by atoms with Crippen molar-refractivity contribution in [1.82, 2.24) is 0 Å². The van der Waals surface area contributed by atoms with Crippen LogP contribution in [0.2, 0.25) is 0 Å². The van der Waals surface area contributed by atoms with E-state index in [9.17, 15) is 0 Å². The first-order valence-corrected chi connectivity index (χ1v) is 13.3. The molecule has 0 N–H and O–H groups in total. The predicted octanol–water partition coefficient (Wildman–Crippen LogP) is 9.51. The van der Waals surface area contributed by atoms with E-state index in [2.05, 4.69) is 61.5 Å². The summed E-state index contributed by atoms with van der Waals surface area (Å²) in [6, 6.07) is 0. The van der Waals surface area contributed by atoms with Gasteiger partial charge in [0.05, 0.1) is 0 Å². The zero-order valence-corrected chi connectivity index (χ0v) is 21.6. The van der Waals surface area contributed by atoms with Gasteiger partial charge in [0.2, 0.25) is 0 Å². The maximum absolute atomic E-state index is 2.75. The molecule has 0 heteroatoms. The average molecular weight is 411 g/mol. The van der Waals surface area contributed by atoms with Crippen LogP contribution < -0.4 is 0 Å². The molecule has 0 aromatic carbocycles. The quantitative estimate of drug-likeness (QED) is 0.406. The zero-order chi connectivity index (χ0) is 21.9. The third-order valence-electron chi connectivity index (χ3n) is 11.4. The van der Waals surface area contributed by atoms with Crippen molar-refractivity contribution in [3.8, 4) is 0 Å². The molecular weight excluding hydrogens is 360 g/mol. The van der Waals surface area contributed by atoms with E-state index in [1.165, 1.54) is 76.2 Å². The minimum atomic E-state index is 0.443. The molecule has 0 amide bonds. The molecule has 4 aliphatic carbocycles. The van der Waals surface area contributed by atoms with Crippen LogP contribution in [0.5, 0.6) is 0 Å². The van der Waals surface area contributed by atoms with Gasteiger partial charge in [-0.1, -0.05) is 70.8 Å². The number of hydrogen-bond donors (Lipinski definition) is 0. The summed E-state index contributed by atoms with van der Waals surface area (Å²) in [4.78, 5) is 0. The first-order valence-electron chi connectivity index (χ1n) is 13.3. The van der Waals surface area contributed by atoms with Crippen molar-refractivity contribution < 1.29 is 0 Å². The number of allylic oxidation sites excluding steroid dienone is 4. The first-order chi connectivity index (χ1) is 14.0. The van der Waals surface area contributed by atoms with Crippen LogP contribution in [0.3, 0.4) is 0 Å². The lowest BCUT2D eigenvalue weighted by molar-refractivity contribution is -0.178. The van der Waals surface area contributed by atoms with E-state index < -0.39 is 0 Å². The Morgan fingerprint density at radius 3 is 2.33 bits per heavy atom. The van der Waals surface area contributed by atoms with Crippen LogP contribution in [0, 0.1) is 39.4 Å². The Bertz CT molecular complexity index is 731. The Morgan fingerprint density at radius 2 is 1.63 bits per heavy atom. The highest BCUT2D eigenvalue weighted by Gasteiger charge is 2.65. The summed E-state index contributed by atoms with van der Waals surface area (Å²) in [6.45, 7) is 20.4. The Balaban J connectivity index is 1.72. The lowest BCUT2D eigenvalue weighted by Crippen LogP contribution is -2.61. The Labute approximate surface area is 188 Å². The van der Waals surface area contributed by atoms with Crippen molar-refractivity contribution in [2.45, 2.75) is 126 Å². The van der Waals surface area contributed by atoms with E-state index in [1.807, 2.05) is 11.1 Å². The molecule has 3 fully saturated rings. The third-order valence-corrected chi connectivity index (χ3v) is 11.4. The summed E-state index contributed by atoms with van der Waals surface area (Å²) in [6.07, 6.45) is 18.1. The Hall–Kier alpha value is -0.520. The lowest BCUT2D eigenvalue weighted by Gasteiger charge is -2.69. The van der Waals surface area contributed by atoms with Crippen molar-refractivity contribution in [2.24, 2.45) is 39.4 Å². The molecule has 30 heavy (non-hydrogen) atoms. The standard InChI is InChI=1S/C30H50/c1-21(2)11-9-12-23-22(3)15-19-29(7)24(23)13-14-26-28(6)18-10-17-27(4,5)25(28)16-20-30(26,29)8/h11,22,25-26H,9-10,12-20H2,1-8H3. The van der Waals surface area contributed by atoms with Gasteiger partial charge in [-0.3, -0.25) is 0 Å². The molecule has 3 saturated carbocycles. The smallest absolute Gasteiger partial charge is 0.00568 e. The molecule has 0 radical (unpaired) electrons. The largest absolute Gasteiger partial charge is 0.0856 e. The fourth-order valence-corrected chi connectivity index (χ4v) is 9.71. The van der Waals surface area contributed by atoms with Gasteiger partial charge in [-0.25, -0.2) is 0 Å². The van der Waals surface area contributed by atoms with Gasteiger partial charge < -0.3 is 0 Å². The summed E-state index contributed by atoms with van der Waals surface area (Å²) >= 11 is 0. The van der Waals surface area contributed by atoms with Gasteiger partial charge in [0.15, 0.2) is 0 Å². The van der Waals surface area contributed by atoms with Gasteiger partial charge in [-0.2, -0.15) is 0 Å². The highest BCUT2D eigenvalue weighted by Crippen LogP contribution is 2.74. The zero-order valence-electron chi connectivity index (χ0n) is 21.6. The lowest BCUT2D eigenvalue weighted by atomic mass is 9.35. The van der Waals surface area contributed by atoms with Gasteiger partial charge in [0, 0.05) is 0 Å². The molecule has 0 aromatic rings. The molecule has 6 unspecified atom stereocenters. The first kappa shape index (κ1) is 22.7. The summed E-state index contributed by atoms with van der Waals surface area (Å²) in [5.74, 6) is 2.66. The van der Waals surface area contributed by atoms with E-state index >= 15 is 0 Å². The van der Waals surface area contributed by atoms with Crippen molar-refractivity contribution in [3.05, 3.63) is 22.8 Å². The number of hydrogen-bond acceptors (Lipinski definition) is 0. The fraction of sp³-hybridized carbons (Fsp3) is 0.867. The molecular formula is C30H50. The van der Waals surface area contributed by atoms with Gasteiger partial charge in [-0.15, -0.1) is 0 Å². The normalized spacial score (nSPS) is 45.3. The van der Waals surface area contributed by atoms with Gasteiger partial charge in [-0.05, 0) is 117 Å². The number of fused-ring (bicyclic) bond motifs is 5. The highest BCUT2D eigenvalue weighted by atomic mass is 14.7. The van der Waals surface area contributed by atoms with Crippen molar-refractivity contribution in [2.75, 3.05) is 0 Å². The average Bonchev–Trinajstić information content (AvgIpc) is 2.64. The van der Waals surface area contributed by atoms with E-state index in [-0.39, 0.29) is 0 Å². The van der Waals surface area contributed by atoms with Crippen LogP contribution in [0.1, 0.15) is 126 Å². The molecule has 0 aliphatic heterocycles. The van der Waals surface area contributed by atoms with Gasteiger partial charge >= 0.3 is 0 Å². The molecule has 0 saturated heterocycles. The van der Waals surface area contributed by atoms with E-state index in [1.54, 1.807) is 0 Å². The highest BCUT2D eigenvalue weighted by molar-refractivity contribution is 5.34. The van der Waals surface area contributed by atoms with Crippen LogP contribution in [-0.2, 0) is 0 Å². The number of rotatable bonds is 3. The van der Waals surface area contributed by atoms with Crippen LogP contribution in [0.25, 0.3) is 0 Å². The minimum absolute atomic E-state index is 0.443. The van der Waals surface area contributed by atoms with Crippen molar-refractivity contribution in [3.63, 3.8) is 0 Å². The minimum Gasteiger partial charge on any atom is -0.0856 e. The molecule has 6 atom stereocenters. The van der Waals surface area contributed by atoms with Crippen LogP contribution >= 0.6 is 0 Å². The van der Waals surface area contributed by atoms with E-state index in [4.69, 9.17) is 0 Å². The molecule has 0 aromatic heterocycles. The molecule has 0 bridgehead atoms. The van der Waals surface area contributed by atoms with Crippen LogP contribution in [0.15, 0.2) is 22.8 Å². The summed E-state index contributed by atoms with van der Waals surface area (Å²) in [5.41, 5.74) is 7.33. The second-order valence-corrected chi connectivity index (χ2v) is 13.5. The fourth-order valence-electron chi connectivity index (χ4n) is 9.71. The Morgan fingerprint density at radius 1 is 0.900 bits per heavy atom. The second kappa shape index (κ2) is 7.52. The molecule has 0 nitrogen and oxygen atoms in total. The van der Waals surface area contributed by atoms with Crippen LogP contribution in [0.4, 0.5) is 0 Å². The molecule has 170 valence electrons. The van der Waals surface area contributed by atoms with Gasteiger partial charge in [0.1, 0.15) is 0 Å². The summed E-state index contributed by atoms with van der Waals surface area (Å²) in [5, 5.41) is 0. The van der Waals surface area contributed by atoms with Crippen molar-refractivity contribution >= 4 is 0 Å². The SMILES string of the molecule is CC(C)=CCCC1=C2CCC3C4(C)CCCC(C)(C)C4CCC3(C)C2(C)CCC1C. The van der Waals surface area contributed by atoms with Gasteiger partial charge in [0.25, 0.3) is 0 Å². The third kappa shape index (κ3) is 3.21. The monoisotopic (exact) mass is 410 g/mol. The Kier molecular flexibility index (Phi) is 5.68. The van der Waals surface area contributed by atoms with Crippen LogP contribution in [-0.4, -0.2) is 0 Å². The van der Waals surface area contributed by atoms with Crippen molar-refractivity contribution in [1.29, 1.82) is 0 Å². The van der Waals surface area contributed by atoms with E-state index in [0.717, 1.165) is 17.8 Å². The molecule has 0 spiro atoms. The summed E-state index contributed by atoms with van der Waals surface area (Å²) in [7, 11) is 0. The maximum atomic E-state index is 2.75. The topological polar surface area (TPSA) is 0 Å². The summed E-state index contributed by atoms with van der Waals surface area (Å²) < 4.78 is 0. The molecule has 4 aliphatic rings. The second-order valence-electron chi connectivity index (χ2n) is 13.5. The molecule has 4 rings (SSSR count). The maximum Gasteiger partial charge on any atom is -0.00568 e. The van der Waals surface area contributed by atoms with E-state index in [0.29, 0.717) is 21.7 Å².